The third kappa shape index (κ3) is 3.91. The molecular formula is C26H27N3O2. The van der Waals surface area contributed by atoms with Crippen LogP contribution in [0.3, 0.4) is 0 Å². The van der Waals surface area contributed by atoms with E-state index in [2.05, 4.69) is 63.2 Å². The zero-order valence-electron chi connectivity index (χ0n) is 18.6. The van der Waals surface area contributed by atoms with Crippen LogP contribution in [0.25, 0.3) is 0 Å². The van der Waals surface area contributed by atoms with E-state index in [0.717, 1.165) is 22.7 Å². The van der Waals surface area contributed by atoms with Crippen molar-refractivity contribution in [3.05, 3.63) is 89.0 Å². The molecule has 0 spiro atoms. The summed E-state index contributed by atoms with van der Waals surface area (Å²) in [4.78, 5) is 14.7. The van der Waals surface area contributed by atoms with Gasteiger partial charge in [0.1, 0.15) is 5.75 Å². The van der Waals surface area contributed by atoms with E-state index in [1.54, 1.807) is 14.0 Å². The number of anilines is 2. The van der Waals surface area contributed by atoms with Crippen LogP contribution < -0.4 is 14.6 Å². The molecule has 158 valence electrons. The van der Waals surface area contributed by atoms with Crippen LogP contribution in [0.5, 0.6) is 5.75 Å². The number of hydrazone groups is 1. The summed E-state index contributed by atoms with van der Waals surface area (Å²) in [6.45, 7) is 7.81. The Labute approximate surface area is 183 Å². The Morgan fingerprint density at radius 2 is 1.52 bits per heavy atom. The minimum absolute atomic E-state index is 0.0775. The molecule has 0 saturated heterocycles. The fourth-order valence-electron chi connectivity index (χ4n) is 3.77. The highest BCUT2D eigenvalue weighted by molar-refractivity contribution is 6.44. The van der Waals surface area contributed by atoms with Crippen molar-refractivity contribution in [3.8, 4) is 5.75 Å². The molecule has 1 aliphatic heterocycles. The molecular weight excluding hydrogens is 386 g/mol. The summed E-state index contributed by atoms with van der Waals surface area (Å²) in [6.07, 6.45) is -0.282. The minimum atomic E-state index is -0.282. The number of carbonyl (C=O) groups is 1. The molecule has 0 aromatic heterocycles. The lowest BCUT2D eigenvalue weighted by molar-refractivity contribution is -0.111. The van der Waals surface area contributed by atoms with Crippen LogP contribution in [0, 0.1) is 20.8 Å². The number of methoxy groups -OCH3 is 1. The summed E-state index contributed by atoms with van der Waals surface area (Å²) in [5.74, 6) is 1.12. The third-order valence-electron chi connectivity index (χ3n) is 5.70. The first-order chi connectivity index (χ1) is 14.9. The van der Waals surface area contributed by atoms with Crippen LogP contribution in [0.1, 0.15) is 35.3 Å². The monoisotopic (exact) mass is 413 g/mol. The molecule has 5 heteroatoms. The standard InChI is InChI=1S/C26H27N3O2/c1-17-6-9-21(10-7-17)26-28(23-11-8-18(2)19(3)16-23)25(20(4)30)27-29(26)22-12-14-24(31-5)15-13-22/h6-16,26H,1-5H3/t26-/m1/s1. The van der Waals surface area contributed by atoms with Crippen molar-refractivity contribution in [1.82, 2.24) is 0 Å². The van der Waals surface area contributed by atoms with Gasteiger partial charge in [-0.05, 0) is 73.9 Å². The summed E-state index contributed by atoms with van der Waals surface area (Å²) in [5, 5.41) is 6.70. The van der Waals surface area contributed by atoms with E-state index >= 15 is 0 Å². The van der Waals surface area contributed by atoms with E-state index in [1.165, 1.54) is 16.7 Å². The van der Waals surface area contributed by atoms with E-state index in [0.29, 0.717) is 5.84 Å². The normalized spacial score (nSPS) is 15.8. The first-order valence-corrected chi connectivity index (χ1v) is 10.3. The van der Waals surface area contributed by atoms with Crippen LogP contribution in [0.4, 0.5) is 11.4 Å². The molecule has 5 nitrogen and oxygen atoms in total. The van der Waals surface area contributed by atoms with Crippen molar-refractivity contribution in [2.24, 2.45) is 5.10 Å². The van der Waals surface area contributed by atoms with Gasteiger partial charge >= 0.3 is 0 Å². The summed E-state index contributed by atoms with van der Waals surface area (Å²) in [6, 6.07) is 22.4. The van der Waals surface area contributed by atoms with Gasteiger partial charge in [0, 0.05) is 12.6 Å². The van der Waals surface area contributed by atoms with Crippen molar-refractivity contribution < 1.29 is 9.53 Å². The number of carbonyl (C=O) groups excluding carboxylic acids is 1. The number of rotatable bonds is 5. The largest absolute Gasteiger partial charge is 0.497 e. The number of hydrogen-bond acceptors (Lipinski definition) is 5. The predicted molar refractivity (Wildman–Crippen MR) is 126 cm³/mol. The third-order valence-corrected chi connectivity index (χ3v) is 5.70. The molecule has 0 aliphatic carbocycles. The van der Waals surface area contributed by atoms with Gasteiger partial charge in [-0.15, -0.1) is 5.10 Å². The van der Waals surface area contributed by atoms with Crippen molar-refractivity contribution >= 4 is 23.0 Å². The molecule has 31 heavy (non-hydrogen) atoms. The number of nitrogens with zero attached hydrogens (tertiary/aromatic N) is 3. The lowest BCUT2D eigenvalue weighted by atomic mass is 10.1. The van der Waals surface area contributed by atoms with Gasteiger partial charge in [-0.2, -0.15) is 0 Å². The van der Waals surface area contributed by atoms with Gasteiger partial charge in [0.25, 0.3) is 0 Å². The Morgan fingerprint density at radius 3 is 2.10 bits per heavy atom. The van der Waals surface area contributed by atoms with Gasteiger partial charge in [-0.3, -0.25) is 9.69 Å². The van der Waals surface area contributed by atoms with E-state index in [9.17, 15) is 4.79 Å². The number of aryl methyl sites for hydroxylation is 3. The first-order valence-electron chi connectivity index (χ1n) is 10.3. The van der Waals surface area contributed by atoms with E-state index in [4.69, 9.17) is 9.84 Å². The van der Waals surface area contributed by atoms with Gasteiger partial charge < -0.3 is 4.74 Å². The van der Waals surface area contributed by atoms with Crippen molar-refractivity contribution in [1.29, 1.82) is 0 Å². The first kappa shape index (κ1) is 20.7. The number of hydrogen-bond donors (Lipinski definition) is 0. The lowest BCUT2D eigenvalue weighted by Crippen LogP contribution is -2.37. The Hall–Kier alpha value is -3.60. The van der Waals surface area contributed by atoms with Crippen molar-refractivity contribution in [3.63, 3.8) is 0 Å². The molecule has 0 amide bonds. The quantitative estimate of drug-likeness (QED) is 0.550. The highest BCUT2D eigenvalue weighted by atomic mass is 16.5. The fourth-order valence-corrected chi connectivity index (χ4v) is 3.77. The summed E-state index contributed by atoms with van der Waals surface area (Å²) in [5.41, 5.74) is 6.45. The second-order valence-corrected chi connectivity index (χ2v) is 7.95. The molecule has 1 heterocycles. The van der Waals surface area contributed by atoms with Crippen molar-refractivity contribution in [2.45, 2.75) is 33.9 Å². The zero-order valence-corrected chi connectivity index (χ0v) is 18.6. The number of Topliss-reactive ketones (excluding diaryl/α,β-unsaturated/α-hetero) is 1. The summed E-state index contributed by atoms with van der Waals surface area (Å²) < 4.78 is 5.31. The maximum absolute atomic E-state index is 12.7. The Bertz CT molecular complexity index is 1130. The summed E-state index contributed by atoms with van der Waals surface area (Å²) >= 11 is 0. The van der Waals surface area contributed by atoms with Crippen molar-refractivity contribution in [2.75, 3.05) is 17.0 Å². The van der Waals surface area contributed by atoms with Gasteiger partial charge in [0.15, 0.2) is 17.8 Å². The van der Waals surface area contributed by atoms with Crippen LogP contribution in [0.2, 0.25) is 0 Å². The molecule has 3 aromatic carbocycles. The van der Waals surface area contributed by atoms with Gasteiger partial charge in [-0.25, -0.2) is 5.01 Å². The van der Waals surface area contributed by atoms with Crippen LogP contribution in [-0.2, 0) is 4.79 Å². The maximum Gasteiger partial charge on any atom is 0.198 e. The molecule has 4 rings (SSSR count). The van der Waals surface area contributed by atoms with Crippen LogP contribution >= 0.6 is 0 Å². The highest BCUT2D eigenvalue weighted by Gasteiger charge is 2.39. The molecule has 0 radical (unpaired) electrons. The van der Waals surface area contributed by atoms with E-state index < -0.39 is 0 Å². The van der Waals surface area contributed by atoms with Gasteiger partial charge in [-0.1, -0.05) is 35.9 Å². The smallest absolute Gasteiger partial charge is 0.198 e. The molecule has 0 saturated carbocycles. The average Bonchev–Trinajstić information content (AvgIpc) is 3.17. The average molecular weight is 414 g/mol. The lowest BCUT2D eigenvalue weighted by Gasteiger charge is -2.32. The molecule has 0 fully saturated rings. The number of ketones is 1. The van der Waals surface area contributed by atoms with E-state index in [1.807, 2.05) is 34.2 Å². The number of benzene rings is 3. The number of amidine groups is 1. The molecule has 3 aromatic rings. The van der Waals surface area contributed by atoms with Crippen LogP contribution in [0.15, 0.2) is 71.8 Å². The Kier molecular flexibility index (Phi) is 5.51. The second-order valence-electron chi connectivity index (χ2n) is 7.95. The zero-order chi connectivity index (χ0) is 22.1. The Morgan fingerprint density at radius 1 is 0.871 bits per heavy atom. The topological polar surface area (TPSA) is 45.1 Å². The molecule has 0 N–H and O–H groups in total. The minimum Gasteiger partial charge on any atom is -0.497 e. The predicted octanol–water partition coefficient (Wildman–Crippen LogP) is 5.55. The van der Waals surface area contributed by atoms with Gasteiger partial charge in [0.2, 0.25) is 0 Å². The molecule has 1 atom stereocenters. The highest BCUT2D eigenvalue weighted by Crippen LogP contribution is 2.40. The fraction of sp³-hybridized carbons (Fsp3) is 0.231. The maximum atomic E-state index is 12.7. The summed E-state index contributed by atoms with van der Waals surface area (Å²) in [7, 11) is 1.65. The van der Waals surface area contributed by atoms with E-state index in [-0.39, 0.29) is 11.9 Å². The van der Waals surface area contributed by atoms with Crippen LogP contribution in [-0.4, -0.2) is 18.7 Å². The number of ether oxygens (including phenoxy) is 1. The second kappa shape index (κ2) is 8.26. The molecule has 0 bridgehead atoms. The Balaban J connectivity index is 1.89. The van der Waals surface area contributed by atoms with Gasteiger partial charge in [0.05, 0.1) is 12.8 Å². The molecule has 1 aliphatic rings. The SMILES string of the molecule is COc1ccc(N2N=C(C(C)=O)N(c3ccc(C)c(C)c3)[C@H]2c2ccc(C)cc2)cc1. The molecule has 0 unspecified atom stereocenters.